The summed E-state index contributed by atoms with van der Waals surface area (Å²) in [4.78, 5) is 52.0. The Morgan fingerprint density at radius 2 is 1.81 bits per heavy atom. The van der Waals surface area contributed by atoms with Crippen molar-refractivity contribution >= 4 is 35.6 Å². The van der Waals surface area contributed by atoms with Crippen LogP contribution in [0.2, 0.25) is 0 Å². The van der Waals surface area contributed by atoms with Crippen molar-refractivity contribution < 1.29 is 29.0 Å². The number of aliphatic imine (C=N–C) groups is 1. The molecule has 1 fully saturated rings. The number of hydrogen-bond acceptors (Lipinski definition) is 6. The molecule has 0 bridgehead atoms. The van der Waals surface area contributed by atoms with E-state index in [1.54, 1.807) is 12.1 Å². The number of carboxylic acids is 1. The first-order chi connectivity index (χ1) is 15.2. The fourth-order valence-electron chi connectivity index (χ4n) is 3.07. The summed E-state index contributed by atoms with van der Waals surface area (Å²) in [6.45, 7) is 0.823. The highest BCUT2D eigenvalue weighted by atomic mass is 16.5. The van der Waals surface area contributed by atoms with E-state index in [9.17, 15) is 19.2 Å². The maximum absolute atomic E-state index is 12.6. The van der Waals surface area contributed by atoms with Gasteiger partial charge in [0.25, 0.3) is 5.91 Å². The van der Waals surface area contributed by atoms with Crippen molar-refractivity contribution in [2.75, 3.05) is 6.54 Å². The maximum Gasteiger partial charge on any atom is 0.414 e. The second-order valence-corrected chi connectivity index (χ2v) is 7.07. The van der Waals surface area contributed by atoms with E-state index in [1.165, 1.54) is 19.1 Å². The zero-order valence-electron chi connectivity index (χ0n) is 17.1. The van der Waals surface area contributed by atoms with Crippen LogP contribution in [0.25, 0.3) is 0 Å². The topological polar surface area (TPSA) is 163 Å². The molecule has 11 nitrogen and oxygen atoms in total. The molecule has 0 saturated carbocycles. The Hall–Kier alpha value is -4.41. The van der Waals surface area contributed by atoms with Gasteiger partial charge in [-0.2, -0.15) is 0 Å². The normalized spacial score (nSPS) is 18.3. The van der Waals surface area contributed by atoms with Gasteiger partial charge in [-0.05, 0) is 30.2 Å². The second kappa shape index (κ2) is 9.16. The van der Waals surface area contributed by atoms with Gasteiger partial charge in [0.1, 0.15) is 18.7 Å². The maximum atomic E-state index is 12.6. The minimum atomic E-state index is -1.42. The van der Waals surface area contributed by atoms with Crippen LogP contribution in [0.3, 0.4) is 0 Å². The van der Waals surface area contributed by atoms with E-state index in [0.29, 0.717) is 16.2 Å². The lowest BCUT2D eigenvalue weighted by molar-refractivity contribution is -0.142. The number of carbonyl (C=O) groups is 4. The highest BCUT2D eigenvalue weighted by Gasteiger charge is 2.49. The molecule has 0 radical (unpaired) electrons. The molecule has 32 heavy (non-hydrogen) atoms. The van der Waals surface area contributed by atoms with Crippen LogP contribution < -0.4 is 16.4 Å². The van der Waals surface area contributed by atoms with Crippen molar-refractivity contribution in [1.82, 2.24) is 15.5 Å². The number of carbonyl (C=O) groups excluding carboxylic acids is 3. The molecule has 1 unspecified atom stereocenters. The predicted octanol–water partition coefficient (Wildman–Crippen LogP) is 1.41. The number of nitrogens with one attached hydrogen (secondary N) is 2. The number of ether oxygens (including phenoxy) is 1. The van der Waals surface area contributed by atoms with Gasteiger partial charge in [0.2, 0.25) is 5.96 Å². The van der Waals surface area contributed by atoms with Gasteiger partial charge in [0.05, 0.1) is 5.69 Å². The molecule has 3 rings (SSSR count). The largest absolute Gasteiger partial charge is 0.480 e. The quantitative estimate of drug-likeness (QED) is 0.300. The Morgan fingerprint density at radius 1 is 1.16 bits per heavy atom. The zero-order valence-corrected chi connectivity index (χ0v) is 17.1. The van der Waals surface area contributed by atoms with Gasteiger partial charge >= 0.3 is 18.1 Å². The molecular formula is C21H21N5O6. The highest BCUT2D eigenvalue weighted by Crippen LogP contribution is 2.30. The lowest BCUT2D eigenvalue weighted by atomic mass is 9.92. The van der Waals surface area contributed by atoms with Crippen LogP contribution >= 0.6 is 0 Å². The van der Waals surface area contributed by atoms with E-state index in [0.717, 1.165) is 5.56 Å². The van der Waals surface area contributed by atoms with E-state index in [-0.39, 0.29) is 12.6 Å². The molecular weight excluding hydrogens is 418 g/mol. The van der Waals surface area contributed by atoms with Crippen molar-refractivity contribution in [3.63, 3.8) is 0 Å². The molecule has 0 spiro atoms. The fourth-order valence-corrected chi connectivity index (χ4v) is 3.07. The van der Waals surface area contributed by atoms with Gasteiger partial charge in [-0.25, -0.2) is 14.6 Å². The minimum Gasteiger partial charge on any atom is -0.480 e. The van der Waals surface area contributed by atoms with E-state index in [2.05, 4.69) is 15.6 Å². The van der Waals surface area contributed by atoms with Crippen molar-refractivity contribution in [3.8, 4) is 0 Å². The van der Waals surface area contributed by atoms with Crippen molar-refractivity contribution in [3.05, 3.63) is 65.7 Å². The van der Waals surface area contributed by atoms with Crippen LogP contribution in [0.4, 0.5) is 15.3 Å². The van der Waals surface area contributed by atoms with Crippen LogP contribution in [0.1, 0.15) is 18.1 Å². The smallest absolute Gasteiger partial charge is 0.414 e. The Kier molecular flexibility index (Phi) is 6.38. The fraction of sp³-hybridized carbons (Fsp3) is 0.190. The minimum absolute atomic E-state index is 0.0753. The van der Waals surface area contributed by atoms with Gasteiger partial charge in [-0.3, -0.25) is 19.8 Å². The third-order valence-electron chi connectivity index (χ3n) is 4.71. The van der Waals surface area contributed by atoms with Crippen molar-refractivity contribution in [1.29, 1.82) is 0 Å². The summed E-state index contributed by atoms with van der Waals surface area (Å²) < 4.78 is 5.06. The number of imide groups is 1. The molecule has 1 aliphatic rings. The molecule has 1 atom stereocenters. The Labute approximate surface area is 182 Å². The number of alkyl carbamates (subject to hydrolysis) is 1. The number of amides is 4. The van der Waals surface area contributed by atoms with Gasteiger partial charge in [0, 0.05) is 0 Å². The van der Waals surface area contributed by atoms with Crippen LogP contribution in [-0.4, -0.2) is 46.5 Å². The number of aliphatic carboxylic acids is 1. The molecule has 0 aliphatic carbocycles. The van der Waals surface area contributed by atoms with Crippen LogP contribution in [0, 0.1) is 0 Å². The lowest BCUT2D eigenvalue weighted by Crippen LogP contribution is -2.41. The number of hydrogen-bond donors (Lipinski definition) is 4. The number of urea groups is 1. The number of guanidine groups is 1. The summed E-state index contributed by atoms with van der Waals surface area (Å²) in [6, 6.07) is 14.5. The molecule has 2 aromatic carbocycles. The zero-order chi connectivity index (χ0) is 23.3. The van der Waals surface area contributed by atoms with Gasteiger partial charge in [-0.1, -0.05) is 42.5 Å². The number of carboxylic acid groups (broad SMARTS) is 1. The number of nitrogens with zero attached hydrogens (tertiary/aromatic N) is 2. The van der Waals surface area contributed by atoms with E-state index in [4.69, 9.17) is 15.6 Å². The molecule has 166 valence electrons. The standard InChI is InChI=1S/C21H21N5O6/c1-21(17(29)26(11-16(27)28)19(30)25-21)14-7-9-15(10-8-14)23-18(22)24-20(31)32-12-13-5-3-2-4-6-13/h2-10H,11-12H2,1H3,(H,25,30)(H,27,28)(H3,22,23,24,31). The summed E-state index contributed by atoms with van der Waals surface area (Å²) in [5.74, 6) is -2.17. The average Bonchev–Trinajstić information content (AvgIpc) is 2.97. The van der Waals surface area contributed by atoms with Gasteiger partial charge in [0.15, 0.2) is 0 Å². The monoisotopic (exact) mass is 439 g/mol. The van der Waals surface area contributed by atoms with Crippen LogP contribution in [0.15, 0.2) is 59.6 Å². The Balaban J connectivity index is 1.63. The molecule has 1 saturated heterocycles. The second-order valence-electron chi connectivity index (χ2n) is 7.07. The summed E-state index contributed by atoms with van der Waals surface area (Å²) in [5.41, 5.74) is 5.93. The lowest BCUT2D eigenvalue weighted by Gasteiger charge is -2.22. The molecule has 5 N–H and O–H groups in total. The van der Waals surface area contributed by atoms with E-state index in [1.807, 2.05) is 30.3 Å². The first-order valence-electron chi connectivity index (χ1n) is 9.47. The highest BCUT2D eigenvalue weighted by molar-refractivity contribution is 6.08. The number of benzene rings is 2. The first kappa shape index (κ1) is 22.3. The average molecular weight is 439 g/mol. The first-order valence-corrected chi connectivity index (χ1v) is 9.47. The molecule has 11 heteroatoms. The summed E-state index contributed by atoms with van der Waals surface area (Å²) in [6.07, 6.45) is -0.767. The van der Waals surface area contributed by atoms with Crippen LogP contribution in [-0.2, 0) is 26.5 Å². The molecule has 1 heterocycles. The number of rotatable bonds is 6. The third kappa shape index (κ3) is 5.01. The summed E-state index contributed by atoms with van der Waals surface area (Å²) in [5, 5.41) is 13.7. The van der Waals surface area contributed by atoms with E-state index < -0.39 is 36.1 Å². The predicted molar refractivity (Wildman–Crippen MR) is 113 cm³/mol. The third-order valence-corrected chi connectivity index (χ3v) is 4.71. The van der Waals surface area contributed by atoms with Crippen molar-refractivity contribution in [2.45, 2.75) is 19.1 Å². The van der Waals surface area contributed by atoms with Crippen molar-refractivity contribution in [2.24, 2.45) is 10.7 Å². The number of nitrogens with two attached hydrogens (primary N) is 1. The molecule has 4 amide bonds. The summed E-state index contributed by atoms with van der Waals surface area (Å²) in [7, 11) is 0. The van der Waals surface area contributed by atoms with Gasteiger partial charge < -0.3 is 20.9 Å². The molecule has 1 aliphatic heterocycles. The molecule has 0 aromatic heterocycles. The summed E-state index contributed by atoms with van der Waals surface area (Å²) >= 11 is 0. The Morgan fingerprint density at radius 3 is 2.44 bits per heavy atom. The van der Waals surface area contributed by atoms with Crippen LogP contribution in [0.5, 0.6) is 0 Å². The van der Waals surface area contributed by atoms with E-state index >= 15 is 0 Å². The SMILES string of the molecule is CC1(c2ccc(N=C(N)NC(=O)OCc3ccccc3)cc2)NC(=O)N(CC(=O)O)C1=O. The molecule has 2 aromatic rings. The Bertz CT molecular complexity index is 1070. The van der Waals surface area contributed by atoms with Gasteiger partial charge in [-0.15, -0.1) is 0 Å².